The van der Waals surface area contributed by atoms with Crippen molar-refractivity contribution in [3.63, 3.8) is 0 Å². The highest BCUT2D eigenvalue weighted by atomic mass is 16.6. The first-order valence-electron chi connectivity index (χ1n) is 11.9. The van der Waals surface area contributed by atoms with Gasteiger partial charge in [0, 0.05) is 17.3 Å². The molecule has 1 heterocycles. The second-order valence-electron chi connectivity index (χ2n) is 8.26. The molecular formula is C25H29N5O10. The van der Waals surface area contributed by atoms with Crippen LogP contribution in [0.25, 0.3) is 0 Å². The number of amides is 2. The predicted octanol–water partition coefficient (Wildman–Crippen LogP) is 1.83. The molecule has 0 aliphatic carbocycles. The van der Waals surface area contributed by atoms with Crippen molar-refractivity contribution in [2.24, 2.45) is 5.10 Å². The Kier molecular flexibility index (Phi) is 9.70. The number of esters is 1. The predicted molar refractivity (Wildman–Crippen MR) is 140 cm³/mol. The Hall–Kier alpha value is -5.05. The molecule has 1 aliphatic rings. The van der Waals surface area contributed by atoms with Crippen LogP contribution in [0, 0.1) is 10.1 Å². The number of phenolic OH excluding ortho intramolecular Hbond substituents is 1. The molecule has 2 aromatic rings. The number of hydrazone groups is 1. The van der Waals surface area contributed by atoms with Gasteiger partial charge in [-0.3, -0.25) is 15.5 Å². The fourth-order valence-corrected chi connectivity index (χ4v) is 3.80. The van der Waals surface area contributed by atoms with Gasteiger partial charge in [0.15, 0.2) is 23.5 Å². The Labute approximate surface area is 228 Å². The quantitative estimate of drug-likeness (QED) is 0.0834. The lowest BCUT2D eigenvalue weighted by molar-refractivity contribution is -0.386. The highest BCUT2D eigenvalue weighted by molar-refractivity contribution is 5.95. The van der Waals surface area contributed by atoms with E-state index in [4.69, 9.17) is 18.9 Å². The van der Waals surface area contributed by atoms with Crippen molar-refractivity contribution < 1.29 is 43.7 Å². The number of carbonyl (C=O) groups is 2. The Morgan fingerprint density at radius 1 is 1.23 bits per heavy atom. The number of nitrogens with zero attached hydrogens (tertiary/aromatic N) is 2. The molecule has 0 radical (unpaired) electrons. The second-order valence-corrected chi connectivity index (χ2v) is 8.26. The number of phenols is 1. The van der Waals surface area contributed by atoms with Gasteiger partial charge in [-0.15, -0.1) is 0 Å². The van der Waals surface area contributed by atoms with Gasteiger partial charge in [-0.1, -0.05) is 6.07 Å². The summed E-state index contributed by atoms with van der Waals surface area (Å²) in [5.41, 5.74) is 3.21. The fraction of sp³-hybridized carbons (Fsp3) is 0.320. The molecule has 5 N–H and O–H groups in total. The number of hydrogen-bond acceptors (Lipinski definition) is 12. The zero-order chi connectivity index (χ0) is 29.4. The number of nitro groups is 1. The van der Waals surface area contributed by atoms with Crippen molar-refractivity contribution in [3.8, 4) is 23.0 Å². The van der Waals surface area contributed by atoms with Crippen molar-refractivity contribution in [1.82, 2.24) is 16.1 Å². The number of ether oxygens (including phenoxy) is 4. The second kappa shape index (κ2) is 13.1. The summed E-state index contributed by atoms with van der Waals surface area (Å²) in [4.78, 5) is 34.8. The number of allylic oxidation sites excluding steroid dienone is 1. The van der Waals surface area contributed by atoms with Crippen LogP contribution in [0.1, 0.15) is 31.0 Å². The SMILES string of the molecule is CCOc1cc([C@H]2NC(=O)NC(C)=C2C(=O)OC)ccc1OC[C@H](O)N/N=C\c1cc(OC)c(O)c([N+](=O)[O-])c1. The minimum Gasteiger partial charge on any atom is -0.500 e. The van der Waals surface area contributed by atoms with Crippen LogP contribution in [0.4, 0.5) is 10.5 Å². The molecule has 0 bridgehead atoms. The van der Waals surface area contributed by atoms with E-state index in [-0.39, 0.29) is 35.8 Å². The zero-order valence-electron chi connectivity index (χ0n) is 22.1. The lowest BCUT2D eigenvalue weighted by atomic mass is 9.95. The monoisotopic (exact) mass is 559 g/mol. The van der Waals surface area contributed by atoms with E-state index in [1.165, 1.54) is 26.5 Å². The molecule has 15 heteroatoms. The van der Waals surface area contributed by atoms with Crippen LogP contribution in [-0.4, -0.2) is 67.0 Å². The Bertz CT molecular complexity index is 1340. The van der Waals surface area contributed by atoms with E-state index >= 15 is 0 Å². The molecular weight excluding hydrogens is 530 g/mol. The van der Waals surface area contributed by atoms with E-state index in [0.717, 1.165) is 6.07 Å². The van der Waals surface area contributed by atoms with Gasteiger partial charge in [-0.05, 0) is 37.6 Å². The summed E-state index contributed by atoms with van der Waals surface area (Å²) < 4.78 is 21.2. The number of nitro benzene ring substituents is 1. The van der Waals surface area contributed by atoms with E-state index in [1.54, 1.807) is 32.0 Å². The molecule has 0 spiro atoms. The Morgan fingerprint density at radius 2 is 1.98 bits per heavy atom. The average molecular weight is 560 g/mol. The van der Waals surface area contributed by atoms with Crippen LogP contribution in [0.3, 0.4) is 0 Å². The van der Waals surface area contributed by atoms with Crippen LogP contribution >= 0.6 is 0 Å². The molecule has 40 heavy (non-hydrogen) atoms. The van der Waals surface area contributed by atoms with E-state index in [9.17, 15) is 29.9 Å². The molecule has 0 saturated heterocycles. The molecule has 1 aliphatic heterocycles. The molecule has 0 unspecified atom stereocenters. The molecule has 2 amide bonds. The highest BCUT2D eigenvalue weighted by Gasteiger charge is 2.32. The third-order valence-corrected chi connectivity index (χ3v) is 5.60. The smallest absolute Gasteiger partial charge is 0.337 e. The van der Waals surface area contributed by atoms with Crippen molar-refractivity contribution in [3.05, 3.63) is 62.8 Å². The molecule has 214 valence electrons. The lowest BCUT2D eigenvalue weighted by Crippen LogP contribution is -2.45. The maximum Gasteiger partial charge on any atom is 0.337 e. The van der Waals surface area contributed by atoms with Crippen molar-refractivity contribution >= 4 is 23.9 Å². The van der Waals surface area contributed by atoms with E-state index < -0.39 is 40.6 Å². The molecule has 0 saturated carbocycles. The number of methoxy groups -OCH3 is 2. The third-order valence-electron chi connectivity index (χ3n) is 5.60. The largest absolute Gasteiger partial charge is 0.500 e. The van der Waals surface area contributed by atoms with Crippen molar-refractivity contribution in [2.45, 2.75) is 26.1 Å². The minimum absolute atomic E-state index is 0.111. The fourth-order valence-electron chi connectivity index (χ4n) is 3.80. The summed E-state index contributed by atoms with van der Waals surface area (Å²) in [6, 6.07) is 5.95. The maximum absolute atomic E-state index is 12.4. The molecule has 2 aromatic carbocycles. The van der Waals surface area contributed by atoms with Crippen LogP contribution in [0.15, 0.2) is 46.7 Å². The topological polar surface area (TPSA) is 203 Å². The van der Waals surface area contributed by atoms with Gasteiger partial charge < -0.3 is 39.8 Å². The Balaban J connectivity index is 1.72. The molecule has 3 rings (SSSR count). The summed E-state index contributed by atoms with van der Waals surface area (Å²) in [5.74, 6) is -0.760. The van der Waals surface area contributed by atoms with Crippen LogP contribution in [0.2, 0.25) is 0 Å². The molecule has 2 atom stereocenters. The number of carbonyl (C=O) groups excluding carboxylic acids is 2. The molecule has 15 nitrogen and oxygen atoms in total. The minimum atomic E-state index is -1.29. The first-order chi connectivity index (χ1) is 19.1. The Morgan fingerprint density at radius 3 is 2.62 bits per heavy atom. The number of aliphatic hydroxyl groups is 1. The van der Waals surface area contributed by atoms with Gasteiger partial charge in [-0.2, -0.15) is 5.10 Å². The summed E-state index contributed by atoms with van der Waals surface area (Å²) in [5, 5.41) is 40.4. The summed E-state index contributed by atoms with van der Waals surface area (Å²) in [6.45, 7) is 3.37. The van der Waals surface area contributed by atoms with E-state index in [2.05, 4.69) is 21.2 Å². The van der Waals surface area contributed by atoms with Gasteiger partial charge in [0.2, 0.25) is 5.75 Å². The van der Waals surface area contributed by atoms with Gasteiger partial charge in [0.25, 0.3) is 0 Å². The van der Waals surface area contributed by atoms with Crippen molar-refractivity contribution in [1.29, 1.82) is 0 Å². The maximum atomic E-state index is 12.4. The van der Waals surface area contributed by atoms with Crippen LogP contribution in [0.5, 0.6) is 23.0 Å². The van der Waals surface area contributed by atoms with E-state index in [1.807, 2.05) is 0 Å². The van der Waals surface area contributed by atoms with Gasteiger partial charge in [-0.25, -0.2) is 9.59 Å². The number of urea groups is 1. The summed E-state index contributed by atoms with van der Waals surface area (Å²) in [6.07, 6.45) is -0.0973. The zero-order valence-corrected chi connectivity index (χ0v) is 22.1. The number of aliphatic hydroxyl groups excluding tert-OH is 1. The molecule has 0 aromatic heterocycles. The number of hydrogen-bond donors (Lipinski definition) is 5. The first kappa shape index (κ1) is 29.5. The third kappa shape index (κ3) is 6.87. The number of benzene rings is 2. The van der Waals surface area contributed by atoms with Crippen LogP contribution < -0.4 is 30.3 Å². The van der Waals surface area contributed by atoms with Gasteiger partial charge in [0.05, 0.1) is 43.6 Å². The molecule has 0 fully saturated rings. The van der Waals surface area contributed by atoms with Crippen molar-refractivity contribution in [2.75, 3.05) is 27.4 Å². The highest BCUT2D eigenvalue weighted by Crippen LogP contribution is 2.37. The average Bonchev–Trinajstić information content (AvgIpc) is 2.92. The number of nitrogens with one attached hydrogen (secondary N) is 3. The normalized spacial score (nSPS) is 15.6. The number of aromatic hydroxyl groups is 1. The first-order valence-corrected chi connectivity index (χ1v) is 11.9. The number of rotatable bonds is 12. The van der Waals surface area contributed by atoms with Crippen LogP contribution in [-0.2, 0) is 9.53 Å². The summed E-state index contributed by atoms with van der Waals surface area (Å²) in [7, 11) is 2.49. The lowest BCUT2D eigenvalue weighted by Gasteiger charge is -2.28. The summed E-state index contributed by atoms with van der Waals surface area (Å²) >= 11 is 0. The van der Waals surface area contributed by atoms with Gasteiger partial charge >= 0.3 is 17.7 Å². The van der Waals surface area contributed by atoms with E-state index in [0.29, 0.717) is 17.0 Å². The van der Waals surface area contributed by atoms with Gasteiger partial charge in [0.1, 0.15) is 6.61 Å². The standard InChI is InChI=1S/C25H29N5O10/c1-5-39-18-10-15(22-21(24(33)38-4)13(2)27-25(34)28-22)6-7-17(18)40-12-20(31)29-26-11-14-8-16(30(35)36)23(32)19(9-14)37-3/h6-11,20,22,29,31-32H,5,12H2,1-4H3,(H2,27,28,34)/b26-11-/t20-,22+/m0/s1.